The van der Waals surface area contributed by atoms with E-state index in [-0.39, 0.29) is 6.61 Å². The molecule has 0 saturated carbocycles. The normalized spacial score (nSPS) is 16.9. The fourth-order valence-corrected chi connectivity index (χ4v) is 2.49. The Bertz CT molecular complexity index is 433. The fourth-order valence-electron chi connectivity index (χ4n) is 2.31. The Morgan fingerprint density at radius 3 is 2.47 bits per heavy atom. The Morgan fingerprint density at radius 2 is 1.89 bits per heavy atom. The topological polar surface area (TPSA) is 52.5 Å². The van der Waals surface area contributed by atoms with Gasteiger partial charge in [0.05, 0.1) is 6.61 Å². The lowest BCUT2D eigenvalue weighted by Crippen LogP contribution is -2.47. The Balaban J connectivity index is 2.12. The van der Waals surface area contributed by atoms with Gasteiger partial charge in [-0.2, -0.15) is 0 Å². The molecular weight excluding hydrogens is 264 g/mol. The van der Waals surface area contributed by atoms with Crippen LogP contribution in [-0.2, 0) is 6.42 Å². The highest BCUT2D eigenvalue weighted by molar-refractivity contribution is 6.30. The second-order valence-corrected chi connectivity index (χ2v) is 5.14. The lowest BCUT2D eigenvalue weighted by atomic mass is 10.2. The van der Waals surface area contributed by atoms with Crippen LogP contribution in [0.5, 0.6) is 0 Å². The quantitative estimate of drug-likeness (QED) is 0.840. The summed E-state index contributed by atoms with van der Waals surface area (Å²) in [4.78, 5) is 13.4. The number of hydrogen-bond acceptors (Lipinski definition) is 5. The molecule has 1 aromatic rings. The number of aliphatic hydroxyl groups excluding tert-OH is 1. The molecule has 19 heavy (non-hydrogen) atoms. The van der Waals surface area contributed by atoms with Crippen LogP contribution in [-0.4, -0.2) is 59.3 Å². The molecule has 0 radical (unpaired) electrons. The van der Waals surface area contributed by atoms with Gasteiger partial charge in [-0.15, -0.1) is 0 Å². The van der Waals surface area contributed by atoms with E-state index in [0.29, 0.717) is 5.15 Å². The van der Waals surface area contributed by atoms with Gasteiger partial charge in [0, 0.05) is 44.7 Å². The molecule has 0 amide bonds. The minimum Gasteiger partial charge on any atom is -0.395 e. The zero-order valence-corrected chi connectivity index (χ0v) is 12.3. The highest BCUT2D eigenvalue weighted by Crippen LogP contribution is 2.24. The molecule has 0 aromatic carbocycles. The maximum atomic E-state index is 8.96. The van der Waals surface area contributed by atoms with Gasteiger partial charge >= 0.3 is 0 Å². The first kappa shape index (κ1) is 14.5. The van der Waals surface area contributed by atoms with Crippen LogP contribution in [0.3, 0.4) is 0 Å². The van der Waals surface area contributed by atoms with Crippen molar-refractivity contribution < 1.29 is 5.11 Å². The Morgan fingerprint density at radius 1 is 1.21 bits per heavy atom. The smallest absolute Gasteiger partial charge is 0.137 e. The first-order valence-electron chi connectivity index (χ1n) is 6.77. The van der Waals surface area contributed by atoms with Crippen molar-refractivity contribution in [3.8, 4) is 0 Å². The van der Waals surface area contributed by atoms with Gasteiger partial charge in [-0.05, 0) is 6.92 Å². The van der Waals surface area contributed by atoms with Crippen molar-refractivity contribution in [2.75, 3.05) is 44.2 Å². The SMILES string of the molecule is CCc1nc(Cl)c(C)c(N2CCN(CCO)CC2)n1. The van der Waals surface area contributed by atoms with Crippen molar-refractivity contribution >= 4 is 17.4 Å². The maximum Gasteiger partial charge on any atom is 0.137 e. The maximum absolute atomic E-state index is 8.96. The molecule has 1 aromatic heterocycles. The predicted octanol–water partition coefficient (Wildman–Crippen LogP) is 1.12. The lowest BCUT2D eigenvalue weighted by molar-refractivity contribution is 0.188. The molecule has 2 rings (SSSR count). The van der Waals surface area contributed by atoms with Crippen molar-refractivity contribution in [1.82, 2.24) is 14.9 Å². The van der Waals surface area contributed by atoms with Crippen molar-refractivity contribution in [3.63, 3.8) is 0 Å². The zero-order valence-electron chi connectivity index (χ0n) is 11.6. The van der Waals surface area contributed by atoms with E-state index in [1.165, 1.54) is 0 Å². The summed E-state index contributed by atoms with van der Waals surface area (Å²) in [6.07, 6.45) is 0.789. The van der Waals surface area contributed by atoms with E-state index in [4.69, 9.17) is 16.7 Å². The van der Waals surface area contributed by atoms with E-state index in [1.807, 2.05) is 13.8 Å². The van der Waals surface area contributed by atoms with Crippen molar-refractivity contribution in [1.29, 1.82) is 0 Å². The molecule has 5 nitrogen and oxygen atoms in total. The predicted molar refractivity (Wildman–Crippen MR) is 76.9 cm³/mol. The molecule has 6 heteroatoms. The largest absolute Gasteiger partial charge is 0.395 e. The molecule has 0 aliphatic carbocycles. The van der Waals surface area contributed by atoms with Gasteiger partial charge in [0.15, 0.2) is 0 Å². The average molecular weight is 285 g/mol. The number of piperazine rings is 1. The fraction of sp³-hybridized carbons (Fsp3) is 0.692. The van der Waals surface area contributed by atoms with E-state index >= 15 is 0 Å². The van der Waals surface area contributed by atoms with Gasteiger partial charge in [-0.1, -0.05) is 18.5 Å². The summed E-state index contributed by atoms with van der Waals surface area (Å²) in [5.74, 6) is 1.75. The van der Waals surface area contributed by atoms with E-state index in [2.05, 4.69) is 19.8 Å². The molecule has 1 aliphatic heterocycles. The third kappa shape index (κ3) is 3.35. The van der Waals surface area contributed by atoms with E-state index in [9.17, 15) is 0 Å². The monoisotopic (exact) mass is 284 g/mol. The van der Waals surface area contributed by atoms with Gasteiger partial charge in [0.2, 0.25) is 0 Å². The molecule has 0 bridgehead atoms. The van der Waals surface area contributed by atoms with Gasteiger partial charge in [0.1, 0.15) is 16.8 Å². The van der Waals surface area contributed by atoms with Crippen molar-refractivity contribution in [2.45, 2.75) is 20.3 Å². The number of aromatic nitrogens is 2. The Labute approximate surface area is 119 Å². The molecule has 0 atom stereocenters. The molecular formula is C13H21ClN4O. The van der Waals surface area contributed by atoms with Crippen LogP contribution in [0, 0.1) is 6.92 Å². The summed E-state index contributed by atoms with van der Waals surface area (Å²) in [6.45, 7) is 8.69. The second kappa shape index (κ2) is 6.50. The first-order chi connectivity index (χ1) is 9.15. The third-order valence-electron chi connectivity index (χ3n) is 3.51. The number of aliphatic hydroxyl groups is 1. The van der Waals surface area contributed by atoms with E-state index < -0.39 is 0 Å². The number of β-amino-alcohol motifs (C(OH)–C–C–N with tert-alkyl or cyclic N) is 1. The highest BCUT2D eigenvalue weighted by Gasteiger charge is 2.20. The van der Waals surface area contributed by atoms with Crippen LogP contribution in [0.25, 0.3) is 0 Å². The van der Waals surface area contributed by atoms with Gasteiger partial charge < -0.3 is 10.0 Å². The van der Waals surface area contributed by atoms with Crippen LogP contribution < -0.4 is 4.90 Å². The van der Waals surface area contributed by atoms with E-state index in [1.54, 1.807) is 0 Å². The lowest BCUT2D eigenvalue weighted by Gasteiger charge is -2.35. The molecule has 1 fully saturated rings. The van der Waals surface area contributed by atoms with Crippen LogP contribution in [0.4, 0.5) is 5.82 Å². The Hall–Kier alpha value is -0.910. The number of anilines is 1. The number of rotatable bonds is 4. The summed E-state index contributed by atoms with van der Waals surface area (Å²) < 4.78 is 0. The van der Waals surface area contributed by atoms with Crippen LogP contribution in [0.15, 0.2) is 0 Å². The molecule has 0 spiro atoms. The number of nitrogens with zero attached hydrogens (tertiary/aromatic N) is 4. The summed E-state index contributed by atoms with van der Waals surface area (Å²) in [7, 11) is 0. The summed E-state index contributed by atoms with van der Waals surface area (Å²) in [6, 6.07) is 0. The standard InChI is InChI=1S/C13H21ClN4O/c1-3-11-15-12(14)10(2)13(16-11)18-6-4-17(5-7-18)8-9-19/h19H,3-9H2,1-2H3. The minimum atomic E-state index is 0.221. The van der Waals surface area contributed by atoms with Crippen LogP contribution in [0.2, 0.25) is 5.15 Å². The van der Waals surface area contributed by atoms with Crippen LogP contribution >= 0.6 is 11.6 Å². The average Bonchev–Trinajstić information content (AvgIpc) is 2.43. The number of halogens is 1. The highest BCUT2D eigenvalue weighted by atomic mass is 35.5. The van der Waals surface area contributed by atoms with Crippen molar-refractivity contribution in [3.05, 3.63) is 16.5 Å². The first-order valence-corrected chi connectivity index (χ1v) is 7.14. The zero-order chi connectivity index (χ0) is 13.8. The van der Waals surface area contributed by atoms with E-state index in [0.717, 1.165) is 56.4 Å². The number of aryl methyl sites for hydroxylation is 1. The summed E-state index contributed by atoms with van der Waals surface area (Å²) in [5, 5.41) is 9.51. The molecule has 0 unspecified atom stereocenters. The Kier molecular flexibility index (Phi) is 4.96. The van der Waals surface area contributed by atoms with Gasteiger partial charge in [-0.3, -0.25) is 4.90 Å². The molecule has 1 N–H and O–H groups in total. The van der Waals surface area contributed by atoms with Crippen molar-refractivity contribution in [2.24, 2.45) is 0 Å². The minimum absolute atomic E-state index is 0.221. The summed E-state index contributed by atoms with van der Waals surface area (Å²) >= 11 is 6.17. The summed E-state index contributed by atoms with van der Waals surface area (Å²) in [5.41, 5.74) is 0.953. The van der Waals surface area contributed by atoms with Crippen LogP contribution in [0.1, 0.15) is 18.3 Å². The van der Waals surface area contributed by atoms with Gasteiger partial charge in [-0.25, -0.2) is 9.97 Å². The molecule has 106 valence electrons. The molecule has 1 aliphatic rings. The molecule has 2 heterocycles. The second-order valence-electron chi connectivity index (χ2n) is 4.79. The molecule has 1 saturated heterocycles. The number of hydrogen-bond donors (Lipinski definition) is 1. The third-order valence-corrected chi connectivity index (χ3v) is 3.88. The van der Waals surface area contributed by atoms with Gasteiger partial charge in [0.25, 0.3) is 0 Å².